The predicted octanol–water partition coefficient (Wildman–Crippen LogP) is 5.11. The number of benzene rings is 1. The fourth-order valence-electron chi connectivity index (χ4n) is 4.49. The van der Waals surface area contributed by atoms with Crippen molar-refractivity contribution >= 4 is 27.8 Å². The lowest BCUT2D eigenvalue weighted by Gasteiger charge is -2.20. The smallest absolute Gasteiger partial charge is 0.339 e. The van der Waals surface area contributed by atoms with Gasteiger partial charge in [0.15, 0.2) is 0 Å². The SMILES string of the molecule is Cc1oc2c(C)c3oc(=O)c(CCC(=O)N4CCCCCC4)c(C)c3cc2c1C. The Labute approximate surface area is 170 Å². The van der Waals surface area contributed by atoms with Crippen LogP contribution in [0.2, 0.25) is 0 Å². The molecule has 3 aromatic rings. The van der Waals surface area contributed by atoms with Crippen LogP contribution in [0.5, 0.6) is 0 Å². The summed E-state index contributed by atoms with van der Waals surface area (Å²) < 4.78 is 11.6. The molecule has 5 nitrogen and oxygen atoms in total. The number of nitrogens with zero attached hydrogens (tertiary/aromatic N) is 1. The Morgan fingerprint density at radius 1 is 0.897 bits per heavy atom. The van der Waals surface area contributed by atoms with Crippen molar-refractivity contribution in [3.8, 4) is 0 Å². The molecule has 0 N–H and O–H groups in total. The first kappa shape index (κ1) is 19.7. The van der Waals surface area contributed by atoms with E-state index in [9.17, 15) is 9.59 Å². The Hall–Kier alpha value is -2.56. The van der Waals surface area contributed by atoms with Crippen LogP contribution in [0.4, 0.5) is 0 Å². The van der Waals surface area contributed by atoms with E-state index in [1.54, 1.807) is 0 Å². The third-order valence-electron chi connectivity index (χ3n) is 6.49. The van der Waals surface area contributed by atoms with Crippen LogP contribution in [0.3, 0.4) is 0 Å². The molecule has 1 aromatic carbocycles. The van der Waals surface area contributed by atoms with Crippen molar-refractivity contribution in [2.75, 3.05) is 13.1 Å². The zero-order valence-corrected chi connectivity index (χ0v) is 17.8. The van der Waals surface area contributed by atoms with Gasteiger partial charge in [-0.2, -0.15) is 0 Å². The van der Waals surface area contributed by atoms with E-state index in [4.69, 9.17) is 8.83 Å². The molecular weight excluding hydrogens is 366 g/mol. The molecule has 0 atom stereocenters. The number of fused-ring (bicyclic) bond motifs is 2. The van der Waals surface area contributed by atoms with Crippen LogP contribution >= 0.6 is 0 Å². The molecule has 0 saturated carbocycles. The molecule has 0 spiro atoms. The van der Waals surface area contributed by atoms with Gasteiger partial charge in [-0.15, -0.1) is 0 Å². The van der Waals surface area contributed by atoms with Crippen molar-refractivity contribution in [1.82, 2.24) is 4.90 Å². The van der Waals surface area contributed by atoms with Crippen LogP contribution in [0.15, 0.2) is 19.7 Å². The molecule has 1 aliphatic rings. The second kappa shape index (κ2) is 7.69. The first-order valence-corrected chi connectivity index (χ1v) is 10.6. The molecule has 4 rings (SSSR count). The van der Waals surface area contributed by atoms with Crippen LogP contribution in [0.1, 0.15) is 60.1 Å². The Morgan fingerprint density at radius 3 is 2.21 bits per heavy atom. The molecular formula is C24H29NO4. The molecule has 0 radical (unpaired) electrons. The van der Waals surface area contributed by atoms with E-state index in [0.29, 0.717) is 24.0 Å². The van der Waals surface area contributed by atoms with Gasteiger partial charge in [0.25, 0.3) is 0 Å². The van der Waals surface area contributed by atoms with Gasteiger partial charge in [0, 0.05) is 41.4 Å². The highest BCUT2D eigenvalue weighted by Gasteiger charge is 2.20. The summed E-state index contributed by atoms with van der Waals surface area (Å²) in [5, 5.41) is 1.98. The first-order chi connectivity index (χ1) is 13.9. The van der Waals surface area contributed by atoms with E-state index >= 15 is 0 Å². The average Bonchev–Trinajstić information content (AvgIpc) is 2.89. The first-order valence-electron chi connectivity index (χ1n) is 10.6. The summed E-state index contributed by atoms with van der Waals surface area (Å²) in [4.78, 5) is 27.4. The number of hydrogen-bond acceptors (Lipinski definition) is 4. The summed E-state index contributed by atoms with van der Waals surface area (Å²) in [6, 6.07) is 2.06. The molecule has 154 valence electrons. The molecule has 5 heteroatoms. The van der Waals surface area contributed by atoms with E-state index in [-0.39, 0.29) is 11.5 Å². The van der Waals surface area contributed by atoms with Crippen molar-refractivity contribution in [2.24, 2.45) is 0 Å². The Bertz CT molecular complexity index is 1140. The lowest BCUT2D eigenvalue weighted by molar-refractivity contribution is -0.131. The summed E-state index contributed by atoms with van der Waals surface area (Å²) in [6.07, 6.45) is 5.29. The standard InChI is InChI=1S/C24H29NO4/c1-14-17(4)28-22-16(3)23-20(13-19(14)22)15(2)18(24(27)29-23)9-10-21(26)25-11-7-5-6-8-12-25/h13H,5-12H2,1-4H3. The lowest BCUT2D eigenvalue weighted by atomic mass is 9.98. The van der Waals surface area contributed by atoms with Crippen molar-refractivity contribution in [1.29, 1.82) is 0 Å². The van der Waals surface area contributed by atoms with Crippen LogP contribution in [-0.4, -0.2) is 23.9 Å². The number of rotatable bonds is 3. The largest absolute Gasteiger partial charge is 0.461 e. The highest BCUT2D eigenvalue weighted by molar-refractivity contribution is 6.00. The number of hydrogen-bond donors (Lipinski definition) is 0. The third-order valence-corrected chi connectivity index (χ3v) is 6.49. The van der Waals surface area contributed by atoms with Gasteiger partial charge in [0.2, 0.25) is 5.91 Å². The average molecular weight is 395 g/mol. The maximum Gasteiger partial charge on any atom is 0.339 e. The molecule has 2 aromatic heterocycles. The number of aryl methyl sites for hydroxylation is 4. The van der Waals surface area contributed by atoms with Crippen molar-refractivity contribution in [2.45, 2.75) is 66.2 Å². The number of carbonyl (C=O) groups is 1. The maximum atomic E-state index is 12.7. The minimum Gasteiger partial charge on any atom is -0.461 e. The molecule has 1 fully saturated rings. The van der Waals surface area contributed by atoms with Gasteiger partial charge in [-0.3, -0.25) is 4.79 Å². The van der Waals surface area contributed by atoms with Gasteiger partial charge in [0.05, 0.1) is 0 Å². The lowest BCUT2D eigenvalue weighted by Crippen LogP contribution is -2.32. The fourth-order valence-corrected chi connectivity index (χ4v) is 4.49. The Morgan fingerprint density at radius 2 is 1.52 bits per heavy atom. The summed E-state index contributed by atoms with van der Waals surface area (Å²) in [7, 11) is 0. The number of amides is 1. The second-order valence-electron chi connectivity index (χ2n) is 8.33. The highest BCUT2D eigenvalue weighted by atomic mass is 16.4. The minimum absolute atomic E-state index is 0.138. The monoisotopic (exact) mass is 395 g/mol. The number of carbonyl (C=O) groups excluding carboxylic acids is 1. The van der Waals surface area contributed by atoms with Crippen LogP contribution in [0.25, 0.3) is 21.9 Å². The fraction of sp³-hybridized carbons (Fsp3) is 0.500. The molecule has 1 amide bonds. The molecule has 0 bridgehead atoms. The van der Waals surface area contributed by atoms with E-state index in [0.717, 1.165) is 64.7 Å². The van der Waals surface area contributed by atoms with E-state index < -0.39 is 0 Å². The normalized spacial score (nSPS) is 15.2. The maximum absolute atomic E-state index is 12.7. The predicted molar refractivity (Wildman–Crippen MR) is 115 cm³/mol. The van der Waals surface area contributed by atoms with Crippen molar-refractivity contribution < 1.29 is 13.6 Å². The molecule has 0 aliphatic carbocycles. The summed E-state index contributed by atoms with van der Waals surface area (Å²) in [6.45, 7) is 9.54. The van der Waals surface area contributed by atoms with Gasteiger partial charge in [-0.05, 0) is 64.2 Å². The molecule has 1 saturated heterocycles. The van der Waals surface area contributed by atoms with Gasteiger partial charge in [-0.25, -0.2) is 4.79 Å². The molecule has 29 heavy (non-hydrogen) atoms. The minimum atomic E-state index is -0.346. The van der Waals surface area contributed by atoms with Gasteiger partial charge in [-0.1, -0.05) is 12.8 Å². The van der Waals surface area contributed by atoms with E-state index in [1.807, 2.05) is 32.6 Å². The topological polar surface area (TPSA) is 63.7 Å². The summed E-state index contributed by atoms with van der Waals surface area (Å²) >= 11 is 0. The van der Waals surface area contributed by atoms with Gasteiger partial charge >= 0.3 is 5.63 Å². The van der Waals surface area contributed by atoms with Gasteiger partial charge < -0.3 is 13.7 Å². The zero-order chi connectivity index (χ0) is 20.7. The van der Waals surface area contributed by atoms with E-state index in [1.165, 1.54) is 12.8 Å². The Kier molecular flexibility index (Phi) is 5.24. The van der Waals surface area contributed by atoms with Crippen LogP contribution in [0, 0.1) is 27.7 Å². The third kappa shape index (κ3) is 3.47. The second-order valence-corrected chi connectivity index (χ2v) is 8.33. The number of furan rings is 1. The molecule has 3 heterocycles. The molecule has 0 unspecified atom stereocenters. The Balaban J connectivity index is 1.69. The zero-order valence-electron chi connectivity index (χ0n) is 17.8. The van der Waals surface area contributed by atoms with E-state index in [2.05, 4.69) is 6.07 Å². The van der Waals surface area contributed by atoms with Crippen LogP contribution < -0.4 is 5.63 Å². The summed E-state index contributed by atoms with van der Waals surface area (Å²) in [5.74, 6) is 1.01. The highest BCUT2D eigenvalue weighted by Crippen LogP contribution is 2.34. The summed E-state index contributed by atoms with van der Waals surface area (Å²) in [5.41, 5.74) is 4.48. The van der Waals surface area contributed by atoms with Crippen LogP contribution in [-0.2, 0) is 11.2 Å². The number of likely N-dealkylation sites (tertiary alicyclic amines) is 1. The van der Waals surface area contributed by atoms with Gasteiger partial charge in [0.1, 0.15) is 16.9 Å². The quantitative estimate of drug-likeness (QED) is 0.578. The molecule has 1 aliphatic heterocycles. The van der Waals surface area contributed by atoms with Crippen molar-refractivity contribution in [3.05, 3.63) is 44.5 Å². The van der Waals surface area contributed by atoms with Crippen molar-refractivity contribution in [3.63, 3.8) is 0 Å².